The molecule has 1 rings (SSSR count). The van der Waals surface area contributed by atoms with E-state index < -0.39 is 16.8 Å². The Morgan fingerprint density at radius 3 is 2.56 bits per heavy atom. The number of hydrogen-bond donors (Lipinski definition) is 2. The quantitative estimate of drug-likeness (QED) is 0.827. The average Bonchev–Trinajstić information content (AvgIpc) is 2.75. The molecule has 0 aliphatic heterocycles. The molecule has 1 heterocycles. The van der Waals surface area contributed by atoms with Crippen LogP contribution in [0.15, 0.2) is 12.1 Å². The molecule has 1 amide bonds. The fourth-order valence-corrected chi connectivity index (χ4v) is 2.72. The van der Waals surface area contributed by atoms with E-state index in [0.717, 1.165) is 11.3 Å². The van der Waals surface area contributed by atoms with Gasteiger partial charge in [-0.15, -0.1) is 11.3 Å². The highest BCUT2D eigenvalue weighted by atomic mass is 32.2. The number of carbonyl (C=O) groups excluding carboxylic acids is 1. The summed E-state index contributed by atoms with van der Waals surface area (Å²) < 4.78 is 10.9. The number of carbonyl (C=O) groups is 2. The summed E-state index contributed by atoms with van der Waals surface area (Å²) in [6.07, 6.45) is 2.25. The van der Waals surface area contributed by atoms with E-state index in [4.69, 9.17) is 5.11 Å². The molecule has 0 saturated heterocycles. The molecule has 5 nitrogen and oxygen atoms in total. The second-order valence-electron chi connectivity index (χ2n) is 3.91. The Morgan fingerprint density at radius 1 is 1.44 bits per heavy atom. The summed E-state index contributed by atoms with van der Waals surface area (Å²) in [6.45, 7) is 1.83. The Balaban J connectivity index is 2.53. The van der Waals surface area contributed by atoms with Gasteiger partial charge in [0, 0.05) is 28.9 Å². The Labute approximate surface area is 112 Å². The normalized spacial score (nSPS) is 13.9. The molecule has 1 aromatic rings. The highest BCUT2D eigenvalue weighted by molar-refractivity contribution is 7.84. The molecule has 1 aromatic heterocycles. The maximum absolute atomic E-state index is 11.8. The second-order valence-corrected chi connectivity index (χ2v) is 6.55. The maximum atomic E-state index is 11.8. The van der Waals surface area contributed by atoms with Crippen molar-refractivity contribution >= 4 is 34.0 Å². The van der Waals surface area contributed by atoms with Crippen molar-refractivity contribution in [3.8, 4) is 0 Å². The van der Waals surface area contributed by atoms with Gasteiger partial charge in [0.1, 0.15) is 4.88 Å². The van der Waals surface area contributed by atoms with E-state index in [1.54, 1.807) is 6.26 Å². The number of thiophene rings is 1. The smallest absolute Gasteiger partial charge is 0.345 e. The van der Waals surface area contributed by atoms with Gasteiger partial charge in [0.2, 0.25) is 0 Å². The number of aromatic carboxylic acids is 1. The van der Waals surface area contributed by atoms with Crippen LogP contribution in [0.5, 0.6) is 0 Å². The second kappa shape index (κ2) is 6.65. The van der Waals surface area contributed by atoms with Crippen molar-refractivity contribution in [2.24, 2.45) is 0 Å². The molecular weight excluding hydrogens is 274 g/mol. The fraction of sp³-hybridized carbons (Fsp3) is 0.455. The summed E-state index contributed by atoms with van der Waals surface area (Å²) in [5, 5.41) is 11.5. The van der Waals surface area contributed by atoms with E-state index in [1.807, 2.05) is 6.92 Å². The van der Waals surface area contributed by atoms with E-state index in [0.29, 0.717) is 17.1 Å². The van der Waals surface area contributed by atoms with Crippen molar-refractivity contribution in [3.63, 3.8) is 0 Å². The Morgan fingerprint density at radius 2 is 2.06 bits per heavy atom. The van der Waals surface area contributed by atoms with Crippen LogP contribution in [0.3, 0.4) is 0 Å². The summed E-state index contributed by atoms with van der Waals surface area (Å²) in [5.41, 5.74) is 0. The molecule has 0 saturated carbocycles. The van der Waals surface area contributed by atoms with E-state index in [9.17, 15) is 13.8 Å². The van der Waals surface area contributed by atoms with Crippen molar-refractivity contribution in [1.82, 2.24) is 5.32 Å². The van der Waals surface area contributed by atoms with Gasteiger partial charge in [0.05, 0.1) is 4.88 Å². The average molecular weight is 289 g/mol. The van der Waals surface area contributed by atoms with Crippen LogP contribution < -0.4 is 5.32 Å². The molecule has 18 heavy (non-hydrogen) atoms. The highest BCUT2D eigenvalue weighted by Crippen LogP contribution is 2.16. The Kier molecular flexibility index (Phi) is 5.49. The molecule has 2 unspecified atom stereocenters. The third-order valence-electron chi connectivity index (χ3n) is 2.26. The van der Waals surface area contributed by atoms with Gasteiger partial charge in [-0.2, -0.15) is 0 Å². The van der Waals surface area contributed by atoms with E-state index >= 15 is 0 Å². The van der Waals surface area contributed by atoms with Crippen molar-refractivity contribution < 1.29 is 18.9 Å². The minimum atomic E-state index is -1.03. The Hall–Kier alpha value is -1.21. The van der Waals surface area contributed by atoms with E-state index in [-0.39, 0.29) is 16.8 Å². The molecule has 0 spiro atoms. The summed E-state index contributed by atoms with van der Waals surface area (Å²) in [4.78, 5) is 23.0. The molecule has 0 fully saturated rings. The van der Waals surface area contributed by atoms with Gasteiger partial charge in [0.25, 0.3) is 5.91 Å². The van der Waals surface area contributed by atoms with Gasteiger partial charge in [-0.1, -0.05) is 0 Å². The van der Waals surface area contributed by atoms with Crippen LogP contribution in [-0.4, -0.2) is 39.2 Å². The molecule has 0 aromatic carbocycles. The predicted octanol–water partition coefficient (Wildman–Crippen LogP) is 1.33. The summed E-state index contributed by atoms with van der Waals surface area (Å²) in [7, 11) is -0.874. The standard InChI is InChI=1S/C11H15NO4S2/c1-7(5-6-18(2)16)12-10(13)8-3-4-9(17-8)11(14)15/h3-4,7H,5-6H2,1-2H3,(H,12,13)(H,14,15). The zero-order valence-corrected chi connectivity index (χ0v) is 11.8. The zero-order valence-electron chi connectivity index (χ0n) is 10.1. The van der Waals surface area contributed by atoms with Crippen LogP contribution in [0, 0.1) is 0 Å². The molecule has 0 bridgehead atoms. The number of rotatable bonds is 6. The van der Waals surface area contributed by atoms with Crippen molar-refractivity contribution in [2.45, 2.75) is 19.4 Å². The summed E-state index contributed by atoms with van der Waals surface area (Å²) >= 11 is 0.944. The minimum Gasteiger partial charge on any atom is -0.477 e. The van der Waals surface area contributed by atoms with E-state index in [1.165, 1.54) is 12.1 Å². The summed E-state index contributed by atoms with van der Waals surface area (Å²) in [5.74, 6) is -0.790. The van der Waals surface area contributed by atoms with Crippen LogP contribution in [-0.2, 0) is 10.8 Å². The van der Waals surface area contributed by atoms with Crippen LogP contribution in [0.4, 0.5) is 0 Å². The first-order chi connectivity index (χ1) is 8.40. The first-order valence-corrected chi connectivity index (χ1v) is 7.88. The third kappa shape index (κ3) is 4.58. The lowest BCUT2D eigenvalue weighted by Crippen LogP contribution is -2.33. The Bertz CT molecular complexity index is 469. The van der Waals surface area contributed by atoms with Gasteiger partial charge in [-0.05, 0) is 25.5 Å². The highest BCUT2D eigenvalue weighted by Gasteiger charge is 2.14. The largest absolute Gasteiger partial charge is 0.477 e. The molecule has 100 valence electrons. The molecule has 0 aliphatic rings. The lowest BCUT2D eigenvalue weighted by Gasteiger charge is -2.11. The molecule has 2 atom stereocenters. The monoisotopic (exact) mass is 289 g/mol. The van der Waals surface area contributed by atoms with Crippen molar-refractivity contribution in [3.05, 3.63) is 21.9 Å². The first-order valence-electron chi connectivity index (χ1n) is 5.34. The van der Waals surface area contributed by atoms with Gasteiger partial charge in [-0.3, -0.25) is 9.00 Å². The molecule has 7 heteroatoms. The van der Waals surface area contributed by atoms with Crippen LogP contribution in [0.1, 0.15) is 32.7 Å². The topological polar surface area (TPSA) is 83.5 Å². The first kappa shape index (κ1) is 14.8. The van der Waals surface area contributed by atoms with Crippen LogP contribution in [0.2, 0.25) is 0 Å². The number of amides is 1. The minimum absolute atomic E-state index is 0.0863. The van der Waals surface area contributed by atoms with Gasteiger partial charge in [0.15, 0.2) is 0 Å². The third-order valence-corrected chi connectivity index (χ3v) is 4.14. The summed E-state index contributed by atoms with van der Waals surface area (Å²) in [6, 6.07) is 2.82. The lowest BCUT2D eigenvalue weighted by molar-refractivity contribution is 0.0702. The molecular formula is C11H15NO4S2. The molecule has 0 aliphatic carbocycles. The number of nitrogens with one attached hydrogen (secondary N) is 1. The zero-order chi connectivity index (χ0) is 13.7. The van der Waals surface area contributed by atoms with Gasteiger partial charge < -0.3 is 10.4 Å². The maximum Gasteiger partial charge on any atom is 0.345 e. The molecule has 2 N–H and O–H groups in total. The van der Waals surface area contributed by atoms with Gasteiger partial charge in [-0.25, -0.2) is 4.79 Å². The van der Waals surface area contributed by atoms with Crippen molar-refractivity contribution in [1.29, 1.82) is 0 Å². The van der Waals surface area contributed by atoms with Crippen molar-refractivity contribution in [2.75, 3.05) is 12.0 Å². The molecule has 0 radical (unpaired) electrons. The van der Waals surface area contributed by atoms with Crippen LogP contribution >= 0.6 is 11.3 Å². The fourth-order valence-electron chi connectivity index (χ4n) is 1.28. The van der Waals surface area contributed by atoms with Gasteiger partial charge >= 0.3 is 5.97 Å². The number of carboxylic acid groups (broad SMARTS) is 1. The SMILES string of the molecule is CC(CCS(C)=O)NC(=O)c1ccc(C(=O)O)s1. The number of hydrogen-bond acceptors (Lipinski definition) is 4. The predicted molar refractivity (Wildman–Crippen MR) is 71.8 cm³/mol. The van der Waals surface area contributed by atoms with E-state index in [2.05, 4.69) is 5.32 Å². The lowest BCUT2D eigenvalue weighted by atomic mass is 10.2. The van der Waals surface area contributed by atoms with Crippen LogP contribution in [0.25, 0.3) is 0 Å². The number of carboxylic acids is 1.